The molecule has 2 aromatic carbocycles. The molecule has 2 N–H and O–H groups in total. The fourth-order valence-corrected chi connectivity index (χ4v) is 3.41. The number of rotatable bonds is 3. The zero-order valence-electron chi connectivity index (χ0n) is 12.2. The van der Waals surface area contributed by atoms with Gasteiger partial charge in [-0.25, -0.2) is 0 Å². The monoisotopic (exact) mass is 309 g/mol. The number of carboxylic acid groups (broad SMARTS) is 1. The Labute approximate surface area is 132 Å². The normalized spacial score (nSPS) is 28.2. The van der Waals surface area contributed by atoms with Gasteiger partial charge in [-0.15, -0.1) is 0 Å². The molecule has 5 nitrogen and oxygen atoms in total. The largest absolute Gasteiger partial charge is 0.481 e. The first-order valence-corrected chi connectivity index (χ1v) is 7.50. The molecule has 1 saturated heterocycles. The molecule has 5 heteroatoms. The molecule has 0 unspecified atom stereocenters. The number of ether oxygens (including phenoxy) is 1. The van der Waals surface area contributed by atoms with Crippen molar-refractivity contribution in [2.24, 2.45) is 11.8 Å². The van der Waals surface area contributed by atoms with Crippen LogP contribution in [0.3, 0.4) is 0 Å². The average molecular weight is 309 g/mol. The summed E-state index contributed by atoms with van der Waals surface area (Å²) in [4.78, 5) is 24.0. The summed E-state index contributed by atoms with van der Waals surface area (Å²) in [6.45, 7) is 0. The molecular formula is C18H15NO4. The van der Waals surface area contributed by atoms with E-state index < -0.39 is 30.0 Å². The number of fused-ring (bicyclic) bond motifs is 3. The zero-order valence-corrected chi connectivity index (χ0v) is 12.2. The molecule has 4 rings (SSSR count). The highest BCUT2D eigenvalue weighted by atomic mass is 16.5. The van der Waals surface area contributed by atoms with E-state index in [0.717, 1.165) is 10.8 Å². The van der Waals surface area contributed by atoms with Crippen LogP contribution in [-0.4, -0.2) is 29.2 Å². The highest BCUT2D eigenvalue weighted by Gasteiger charge is 2.53. The van der Waals surface area contributed by atoms with Gasteiger partial charge in [-0.05, 0) is 22.9 Å². The van der Waals surface area contributed by atoms with Crippen molar-refractivity contribution in [2.75, 3.05) is 5.32 Å². The molecule has 2 aromatic rings. The van der Waals surface area contributed by atoms with Gasteiger partial charge in [0.05, 0.1) is 18.1 Å². The molecule has 0 saturated carbocycles. The summed E-state index contributed by atoms with van der Waals surface area (Å²) in [5.41, 5.74) is 0.657. The van der Waals surface area contributed by atoms with Gasteiger partial charge < -0.3 is 15.2 Å². The molecular weight excluding hydrogens is 294 g/mol. The Morgan fingerprint density at radius 3 is 2.39 bits per heavy atom. The smallest absolute Gasteiger partial charge is 0.310 e. The second-order valence-corrected chi connectivity index (χ2v) is 5.89. The van der Waals surface area contributed by atoms with Crippen LogP contribution < -0.4 is 5.32 Å². The number of carboxylic acids is 1. The summed E-state index contributed by atoms with van der Waals surface area (Å²) in [5.74, 6) is -2.84. The second-order valence-electron chi connectivity index (χ2n) is 5.89. The van der Waals surface area contributed by atoms with Crippen molar-refractivity contribution < 1.29 is 19.4 Å². The minimum atomic E-state index is -1.000. The Balaban J connectivity index is 1.59. The number of amides is 1. The van der Waals surface area contributed by atoms with Gasteiger partial charge in [0.1, 0.15) is 5.92 Å². The topological polar surface area (TPSA) is 75.6 Å². The van der Waals surface area contributed by atoms with Crippen LogP contribution in [0.5, 0.6) is 0 Å². The summed E-state index contributed by atoms with van der Waals surface area (Å²) in [5, 5.41) is 14.3. The highest BCUT2D eigenvalue weighted by molar-refractivity contribution is 5.98. The van der Waals surface area contributed by atoms with Crippen molar-refractivity contribution in [1.29, 1.82) is 0 Å². The molecule has 1 fully saturated rings. The molecule has 23 heavy (non-hydrogen) atoms. The summed E-state index contributed by atoms with van der Waals surface area (Å²) >= 11 is 0. The summed E-state index contributed by atoms with van der Waals surface area (Å²) in [6, 6.07) is 13.5. The lowest BCUT2D eigenvalue weighted by Gasteiger charge is -2.21. The molecule has 2 heterocycles. The molecule has 0 aromatic heterocycles. The van der Waals surface area contributed by atoms with Crippen molar-refractivity contribution in [3.63, 3.8) is 0 Å². The number of hydrogen-bond acceptors (Lipinski definition) is 3. The lowest BCUT2D eigenvalue weighted by molar-refractivity contribution is -0.145. The number of anilines is 1. The molecule has 2 aliphatic heterocycles. The van der Waals surface area contributed by atoms with Crippen molar-refractivity contribution in [2.45, 2.75) is 12.2 Å². The van der Waals surface area contributed by atoms with Gasteiger partial charge in [0.25, 0.3) is 0 Å². The van der Waals surface area contributed by atoms with Crippen molar-refractivity contribution >= 4 is 28.3 Å². The van der Waals surface area contributed by atoms with E-state index in [9.17, 15) is 14.7 Å². The third-order valence-electron chi connectivity index (χ3n) is 4.50. The van der Waals surface area contributed by atoms with Crippen LogP contribution in [0.15, 0.2) is 54.6 Å². The van der Waals surface area contributed by atoms with E-state index >= 15 is 0 Å². The van der Waals surface area contributed by atoms with Gasteiger partial charge in [0.15, 0.2) is 0 Å². The fraction of sp³-hybridized carbons (Fsp3) is 0.222. The van der Waals surface area contributed by atoms with Crippen LogP contribution in [-0.2, 0) is 14.3 Å². The zero-order chi connectivity index (χ0) is 16.0. The van der Waals surface area contributed by atoms with Gasteiger partial charge in [-0.1, -0.05) is 42.5 Å². The van der Waals surface area contributed by atoms with E-state index in [1.165, 1.54) is 0 Å². The van der Waals surface area contributed by atoms with Crippen LogP contribution in [0, 0.1) is 11.8 Å². The SMILES string of the molecule is O=C(Nc1ccc2ccccc2c1)[C@@H]1[C@H](C(=O)O)[C@H]2C=C[C@H]1O2. The molecule has 1 amide bonds. The van der Waals surface area contributed by atoms with Crippen LogP contribution in [0.2, 0.25) is 0 Å². The van der Waals surface area contributed by atoms with Gasteiger partial charge >= 0.3 is 5.97 Å². The minimum Gasteiger partial charge on any atom is -0.481 e. The summed E-state index contributed by atoms with van der Waals surface area (Å²) in [7, 11) is 0. The number of carbonyl (C=O) groups is 2. The number of hydrogen-bond donors (Lipinski definition) is 2. The summed E-state index contributed by atoms with van der Waals surface area (Å²) in [6.07, 6.45) is 2.53. The molecule has 2 bridgehead atoms. The van der Waals surface area contributed by atoms with E-state index in [0.29, 0.717) is 5.69 Å². The lowest BCUT2D eigenvalue weighted by Crippen LogP contribution is -2.39. The van der Waals surface area contributed by atoms with Gasteiger partial charge in [-0.3, -0.25) is 9.59 Å². The van der Waals surface area contributed by atoms with E-state index in [2.05, 4.69) is 5.32 Å². The van der Waals surface area contributed by atoms with E-state index in [-0.39, 0.29) is 5.91 Å². The van der Waals surface area contributed by atoms with E-state index in [4.69, 9.17) is 4.74 Å². The Morgan fingerprint density at radius 1 is 0.957 bits per heavy atom. The third-order valence-corrected chi connectivity index (χ3v) is 4.50. The predicted octanol–water partition coefficient (Wildman–Crippen LogP) is 2.43. The average Bonchev–Trinajstić information content (AvgIpc) is 3.15. The summed E-state index contributed by atoms with van der Waals surface area (Å²) < 4.78 is 5.54. The predicted molar refractivity (Wildman–Crippen MR) is 85.0 cm³/mol. The van der Waals surface area contributed by atoms with Crippen LogP contribution in [0.4, 0.5) is 5.69 Å². The minimum absolute atomic E-state index is 0.315. The first-order chi connectivity index (χ1) is 11.1. The van der Waals surface area contributed by atoms with E-state index in [1.54, 1.807) is 12.2 Å². The molecule has 0 aliphatic carbocycles. The lowest BCUT2D eigenvalue weighted by atomic mass is 9.82. The van der Waals surface area contributed by atoms with Crippen molar-refractivity contribution in [3.8, 4) is 0 Å². The molecule has 4 atom stereocenters. The maximum atomic E-state index is 12.6. The Hall–Kier alpha value is -2.66. The Bertz CT molecular complexity index is 829. The number of aliphatic carboxylic acids is 1. The number of benzene rings is 2. The van der Waals surface area contributed by atoms with Crippen LogP contribution in [0.25, 0.3) is 10.8 Å². The van der Waals surface area contributed by atoms with Crippen molar-refractivity contribution in [3.05, 3.63) is 54.6 Å². The van der Waals surface area contributed by atoms with Crippen LogP contribution >= 0.6 is 0 Å². The number of carbonyl (C=O) groups excluding carboxylic acids is 1. The van der Waals surface area contributed by atoms with Gasteiger partial charge in [0, 0.05) is 5.69 Å². The maximum absolute atomic E-state index is 12.6. The second kappa shape index (κ2) is 5.21. The van der Waals surface area contributed by atoms with Crippen molar-refractivity contribution in [1.82, 2.24) is 0 Å². The molecule has 116 valence electrons. The molecule has 0 spiro atoms. The fourth-order valence-electron chi connectivity index (χ4n) is 3.41. The quantitative estimate of drug-likeness (QED) is 0.854. The van der Waals surface area contributed by atoms with E-state index in [1.807, 2.05) is 42.5 Å². The first kappa shape index (κ1) is 14.0. The third kappa shape index (κ3) is 2.29. The Morgan fingerprint density at radius 2 is 1.65 bits per heavy atom. The van der Waals surface area contributed by atoms with Gasteiger partial charge in [-0.2, -0.15) is 0 Å². The standard InChI is InChI=1S/C18H15NO4/c20-17(15-13-7-8-14(23-13)16(15)18(21)22)19-12-6-5-10-3-1-2-4-11(10)9-12/h1-9,13-16H,(H,19,20)(H,21,22)/t13-,14-,15+,16-/m1/s1. The first-order valence-electron chi connectivity index (χ1n) is 7.50. The highest BCUT2D eigenvalue weighted by Crippen LogP contribution is 2.39. The Kier molecular flexibility index (Phi) is 3.16. The maximum Gasteiger partial charge on any atom is 0.310 e. The molecule has 2 aliphatic rings. The number of nitrogens with one attached hydrogen (secondary N) is 1. The van der Waals surface area contributed by atoms with Crippen LogP contribution in [0.1, 0.15) is 0 Å². The van der Waals surface area contributed by atoms with Gasteiger partial charge in [0.2, 0.25) is 5.91 Å². The molecule has 0 radical (unpaired) electrons.